The summed E-state index contributed by atoms with van der Waals surface area (Å²) in [6.07, 6.45) is -4.63. The van der Waals surface area contributed by atoms with Crippen molar-refractivity contribution >= 4 is 27.9 Å². The molecule has 6 atom stereocenters. The van der Waals surface area contributed by atoms with Gasteiger partial charge in [0.15, 0.2) is 6.23 Å². The van der Waals surface area contributed by atoms with Crippen LogP contribution in [0.4, 0.5) is 0 Å². The van der Waals surface area contributed by atoms with Crippen molar-refractivity contribution in [2.75, 3.05) is 33.4 Å². The Morgan fingerprint density at radius 3 is 2.18 bits per heavy atom. The van der Waals surface area contributed by atoms with Crippen LogP contribution in [-0.2, 0) is 27.2 Å². The van der Waals surface area contributed by atoms with Gasteiger partial charge in [-0.1, -0.05) is 33.0 Å². The van der Waals surface area contributed by atoms with Gasteiger partial charge in [-0.2, -0.15) is 4.31 Å². The number of phosphoric acid groups is 2. The molecule has 0 saturated carbocycles. The van der Waals surface area contributed by atoms with Gasteiger partial charge in [0.1, 0.15) is 23.0 Å². The molecule has 2 unspecified atom stereocenters. The third-order valence-corrected chi connectivity index (χ3v) is 7.47. The zero-order valence-electron chi connectivity index (χ0n) is 18.6. The van der Waals surface area contributed by atoms with Crippen LogP contribution in [0.1, 0.15) is 27.0 Å². The Balaban J connectivity index is 0.000000675. The zero-order chi connectivity index (χ0) is 25.4. The number of nitrogens with one attached hydrogen (secondary N) is 1. The van der Waals surface area contributed by atoms with E-state index in [0.29, 0.717) is 0 Å². The lowest BCUT2D eigenvalue weighted by molar-refractivity contribution is -0.0542. The molecule has 1 aromatic heterocycles. The number of rotatable bonds is 10. The summed E-state index contributed by atoms with van der Waals surface area (Å²) in [4.78, 5) is 34.9. The molecule has 0 aliphatic carbocycles. The van der Waals surface area contributed by atoms with E-state index in [1.54, 1.807) is 0 Å². The number of H-pyrrole nitrogens is 1. The predicted molar refractivity (Wildman–Crippen MR) is 119 cm³/mol. The highest BCUT2D eigenvalue weighted by Gasteiger charge is 2.45. The van der Waals surface area contributed by atoms with Gasteiger partial charge in [-0.15, -0.1) is 0 Å². The van der Waals surface area contributed by atoms with Gasteiger partial charge < -0.3 is 29.6 Å². The third-order valence-electron chi connectivity index (χ3n) is 4.64. The average molecular weight is 535 g/mol. The molecule has 0 radical (unpaired) electrons. The van der Waals surface area contributed by atoms with Crippen LogP contribution in [0.15, 0.2) is 17.1 Å². The van der Waals surface area contributed by atoms with E-state index in [1.165, 1.54) is 31.9 Å². The molecule has 14 nitrogen and oxygen atoms in total. The molecule has 33 heavy (non-hydrogen) atoms. The molecular weight excluding hydrogens is 504 g/mol. The Kier molecular flexibility index (Phi) is 12.2. The lowest BCUT2D eigenvalue weighted by atomic mass is 10.1. The van der Waals surface area contributed by atoms with Crippen molar-refractivity contribution in [1.82, 2.24) is 14.5 Å². The quantitative estimate of drug-likeness (QED) is 0.208. The maximum atomic E-state index is 11.9. The molecule has 2 heterocycles. The van der Waals surface area contributed by atoms with E-state index in [1.807, 2.05) is 0 Å². The van der Waals surface area contributed by atoms with Crippen LogP contribution in [-0.4, -0.2) is 86.1 Å². The fourth-order valence-corrected chi connectivity index (χ4v) is 4.73. The van der Waals surface area contributed by atoms with Crippen molar-refractivity contribution < 1.29 is 47.2 Å². The van der Waals surface area contributed by atoms with Crippen molar-refractivity contribution in [3.8, 4) is 0 Å². The van der Waals surface area contributed by atoms with Crippen LogP contribution in [0.2, 0.25) is 0 Å². The molecule has 0 amide bonds. The highest BCUT2D eigenvalue weighted by molar-refractivity contribution is 7.71. The van der Waals surface area contributed by atoms with Crippen LogP contribution in [0.25, 0.3) is 0 Å². The van der Waals surface area contributed by atoms with Crippen LogP contribution < -0.4 is 5.69 Å². The van der Waals surface area contributed by atoms with Crippen LogP contribution in [0.5, 0.6) is 0 Å². The maximum Gasteiger partial charge on any atom is 0.481 e. The topological polar surface area (TPSA) is 193 Å². The second-order valence-corrected chi connectivity index (χ2v) is 10.3. The number of nitrogens with zero attached hydrogens (tertiary/aromatic N) is 2. The Morgan fingerprint density at radius 1 is 1.15 bits per heavy atom. The minimum atomic E-state index is -5.04. The van der Waals surface area contributed by atoms with Gasteiger partial charge >= 0.3 is 21.3 Å². The molecule has 192 valence electrons. The fraction of sp³-hybridized carbons (Fsp3) is 0.750. The molecule has 17 heteroatoms. The first-order valence-electron chi connectivity index (χ1n) is 9.93. The first-order valence-corrected chi connectivity index (χ1v) is 13.3. The fourth-order valence-electron chi connectivity index (χ4n) is 2.75. The normalized spacial score (nSPS) is 26.3. The van der Waals surface area contributed by atoms with Gasteiger partial charge in [0.2, 0.25) is 0 Å². The molecule has 1 aromatic rings. The number of aliphatic hydroxyl groups is 2. The van der Waals surface area contributed by atoms with Crippen molar-refractivity contribution in [3.05, 3.63) is 27.4 Å². The van der Waals surface area contributed by atoms with Gasteiger partial charge in [-0.05, 0) is 25.7 Å². The van der Waals surface area contributed by atoms with Crippen LogP contribution >= 0.6 is 27.9 Å². The van der Waals surface area contributed by atoms with E-state index in [9.17, 15) is 29.0 Å². The standard InChI is InChI=1S/C10H16N2O11P2S.C6H15N/c1-20-24(16,17)23-25(18,19)21-4-5-7(13)8(14)9(22-5)12-3-2-6(26)11-10(12)15;1-4-7(5-2)6-3/h2-3,5,7-9,13-14H,4H2,1H3,(H,16,17)(H,18,19)(H,11,15,26);4-6H2,1-3H3/t5-,7-,8-,9-;/m1./s1. The van der Waals surface area contributed by atoms with E-state index in [2.05, 4.69) is 44.0 Å². The first-order chi connectivity index (χ1) is 15.3. The van der Waals surface area contributed by atoms with Gasteiger partial charge in [0, 0.05) is 13.3 Å². The number of phosphoric ester groups is 2. The predicted octanol–water partition coefficient (Wildman–Crippen LogP) is 0.754. The summed E-state index contributed by atoms with van der Waals surface area (Å²) in [6, 6.07) is 1.35. The summed E-state index contributed by atoms with van der Waals surface area (Å²) in [7, 11) is -9.07. The smallest absolute Gasteiger partial charge is 0.387 e. The van der Waals surface area contributed by atoms with Crippen LogP contribution in [0, 0.1) is 4.64 Å². The molecule has 1 aliphatic rings. The number of hydrogen-bond donors (Lipinski definition) is 5. The van der Waals surface area contributed by atoms with Crippen molar-refractivity contribution in [2.45, 2.75) is 45.3 Å². The number of hydrogen-bond acceptors (Lipinski definition) is 11. The monoisotopic (exact) mass is 535 g/mol. The summed E-state index contributed by atoms with van der Waals surface area (Å²) in [5.74, 6) is 0. The molecule has 1 saturated heterocycles. The van der Waals surface area contributed by atoms with Crippen LogP contribution in [0.3, 0.4) is 0 Å². The Morgan fingerprint density at radius 2 is 1.73 bits per heavy atom. The number of aliphatic hydroxyl groups excluding tert-OH is 2. The first kappa shape index (κ1) is 30.2. The second kappa shape index (κ2) is 13.3. The largest absolute Gasteiger partial charge is 0.481 e. The van der Waals surface area contributed by atoms with Crippen molar-refractivity contribution in [2.24, 2.45) is 0 Å². The van der Waals surface area contributed by atoms with Crippen molar-refractivity contribution in [1.29, 1.82) is 0 Å². The van der Waals surface area contributed by atoms with Gasteiger partial charge in [0.05, 0.1) is 6.61 Å². The van der Waals surface area contributed by atoms with Gasteiger partial charge in [-0.25, -0.2) is 13.9 Å². The van der Waals surface area contributed by atoms with E-state index < -0.39 is 52.5 Å². The third kappa shape index (κ3) is 9.40. The van der Waals surface area contributed by atoms with E-state index in [0.717, 1.165) is 11.7 Å². The Labute approximate surface area is 195 Å². The minimum absolute atomic E-state index is 0.143. The molecule has 0 aromatic carbocycles. The number of aromatic nitrogens is 2. The maximum absolute atomic E-state index is 11.9. The molecule has 1 fully saturated rings. The molecule has 1 aliphatic heterocycles. The molecular formula is C16H31N3O11P2S. The molecule has 0 spiro atoms. The number of aromatic amines is 1. The highest BCUT2D eigenvalue weighted by Crippen LogP contribution is 2.60. The Bertz CT molecular complexity index is 949. The molecule has 2 rings (SSSR count). The number of ether oxygens (including phenoxy) is 1. The average Bonchev–Trinajstić information content (AvgIpc) is 3.02. The lowest BCUT2D eigenvalue weighted by Crippen LogP contribution is -2.36. The summed E-state index contributed by atoms with van der Waals surface area (Å²) in [6.45, 7) is 9.32. The Hall–Kier alpha value is -0.800. The summed E-state index contributed by atoms with van der Waals surface area (Å²) in [5, 5.41) is 20.0. The molecule has 5 N–H and O–H groups in total. The highest BCUT2D eigenvalue weighted by atomic mass is 32.1. The zero-order valence-corrected chi connectivity index (χ0v) is 21.2. The molecule has 0 bridgehead atoms. The van der Waals surface area contributed by atoms with Crippen molar-refractivity contribution in [3.63, 3.8) is 0 Å². The van der Waals surface area contributed by atoms with Gasteiger partial charge in [0.25, 0.3) is 0 Å². The lowest BCUT2D eigenvalue weighted by Gasteiger charge is -2.18. The second-order valence-electron chi connectivity index (χ2n) is 6.68. The summed E-state index contributed by atoms with van der Waals surface area (Å²) in [5.41, 5.74) is -0.715. The summed E-state index contributed by atoms with van der Waals surface area (Å²) < 4.78 is 41.5. The summed E-state index contributed by atoms with van der Waals surface area (Å²) >= 11 is 4.78. The SMILES string of the molecule is CCN(CC)CC.COP(=O)(O)OP(=O)(O)OC[C@H]1O[C@@H](n2ccc(=S)[nH]c2=O)[C@H](O)[C@@H]1O. The van der Waals surface area contributed by atoms with E-state index in [4.69, 9.17) is 21.8 Å². The van der Waals surface area contributed by atoms with E-state index >= 15 is 0 Å². The minimum Gasteiger partial charge on any atom is -0.387 e. The van der Waals surface area contributed by atoms with Gasteiger partial charge in [-0.3, -0.25) is 18.6 Å². The van der Waals surface area contributed by atoms with E-state index in [-0.39, 0.29) is 4.64 Å².